The molecule has 0 spiro atoms. The molecule has 2 fully saturated rings. The molecule has 4 nitrogen and oxygen atoms in total. The first kappa shape index (κ1) is 15.8. The molecule has 2 rings (SSSR count). The van der Waals surface area contributed by atoms with Gasteiger partial charge in [-0.2, -0.15) is 5.06 Å². The Morgan fingerprint density at radius 1 is 0.950 bits per heavy atom. The molecule has 2 aliphatic rings. The maximum absolute atomic E-state index is 11.0. The normalized spacial score (nSPS) is 34.9. The van der Waals surface area contributed by atoms with Crippen molar-refractivity contribution in [3.63, 3.8) is 0 Å². The Kier molecular flexibility index (Phi) is 4.18. The lowest BCUT2D eigenvalue weighted by Crippen LogP contribution is -2.59. The molecule has 2 N–H and O–H groups in total. The number of rotatable bonds is 2. The van der Waals surface area contributed by atoms with Gasteiger partial charge in [0.1, 0.15) is 0 Å². The van der Waals surface area contributed by atoms with Gasteiger partial charge in [-0.3, -0.25) is 4.79 Å². The minimum atomic E-state index is -0.630. The van der Waals surface area contributed by atoms with Gasteiger partial charge in [0.25, 0.3) is 0 Å². The average Bonchev–Trinajstić information content (AvgIpc) is 2.35. The summed E-state index contributed by atoms with van der Waals surface area (Å²) in [6, 6.07) is 0. The molecule has 1 saturated heterocycles. The van der Waals surface area contributed by atoms with Gasteiger partial charge in [-0.25, -0.2) is 0 Å². The molecule has 0 aromatic carbocycles. The number of nitrogens with zero attached hydrogens (tertiary/aromatic N) is 1. The highest BCUT2D eigenvalue weighted by atomic mass is 16.5. The van der Waals surface area contributed by atoms with E-state index in [1.165, 1.54) is 5.06 Å². The molecule has 0 amide bonds. The second-order valence-electron chi connectivity index (χ2n) is 8.05. The average molecular weight is 283 g/mol. The highest BCUT2D eigenvalue weighted by Crippen LogP contribution is 2.46. The summed E-state index contributed by atoms with van der Waals surface area (Å²) in [5, 5.41) is 21.0. The topological polar surface area (TPSA) is 60.8 Å². The number of carboxylic acids is 1. The molecule has 20 heavy (non-hydrogen) atoms. The predicted octanol–water partition coefficient (Wildman–Crippen LogP) is 3.54. The van der Waals surface area contributed by atoms with E-state index in [4.69, 9.17) is 5.11 Å². The van der Waals surface area contributed by atoms with Crippen LogP contribution in [0.1, 0.15) is 66.2 Å². The number of carboxylic acid groups (broad SMARTS) is 1. The van der Waals surface area contributed by atoms with Crippen molar-refractivity contribution in [2.45, 2.75) is 77.3 Å². The van der Waals surface area contributed by atoms with Gasteiger partial charge in [-0.1, -0.05) is 0 Å². The minimum absolute atomic E-state index is 0.134. The van der Waals surface area contributed by atoms with Crippen molar-refractivity contribution in [1.82, 2.24) is 5.06 Å². The third kappa shape index (κ3) is 3.01. The van der Waals surface area contributed by atoms with Gasteiger partial charge in [-0.05, 0) is 78.1 Å². The van der Waals surface area contributed by atoms with Gasteiger partial charge < -0.3 is 10.3 Å². The molecule has 1 aliphatic heterocycles. The van der Waals surface area contributed by atoms with Crippen molar-refractivity contribution in [2.75, 3.05) is 0 Å². The second kappa shape index (κ2) is 5.30. The lowest BCUT2D eigenvalue weighted by atomic mass is 9.66. The van der Waals surface area contributed by atoms with Crippen LogP contribution in [0.4, 0.5) is 0 Å². The van der Waals surface area contributed by atoms with E-state index >= 15 is 0 Å². The summed E-state index contributed by atoms with van der Waals surface area (Å²) in [5.41, 5.74) is -0.397. The second-order valence-corrected chi connectivity index (χ2v) is 8.05. The molecular weight excluding hydrogens is 254 g/mol. The lowest BCUT2D eigenvalue weighted by Gasteiger charge is -2.53. The highest BCUT2D eigenvalue weighted by molar-refractivity contribution is 5.69. The van der Waals surface area contributed by atoms with E-state index in [-0.39, 0.29) is 17.0 Å². The van der Waals surface area contributed by atoms with Crippen molar-refractivity contribution in [2.24, 2.45) is 17.8 Å². The molecule has 116 valence electrons. The van der Waals surface area contributed by atoms with Crippen LogP contribution < -0.4 is 0 Å². The molecular formula is C16H29NO3. The van der Waals surface area contributed by atoms with Crippen molar-refractivity contribution in [1.29, 1.82) is 0 Å². The van der Waals surface area contributed by atoms with Gasteiger partial charge in [0.05, 0.1) is 5.92 Å². The maximum Gasteiger partial charge on any atom is 0.306 e. The van der Waals surface area contributed by atoms with Crippen LogP contribution >= 0.6 is 0 Å². The zero-order valence-electron chi connectivity index (χ0n) is 13.2. The standard InChI is InChI=1S/C16H29NO3/c1-15(2)9-13(10-16(3,4)17(15)20)11-5-7-12(8-6-11)14(18)19/h11-13,20H,5-10H2,1-4H3,(H,18,19). The Morgan fingerprint density at radius 3 is 1.80 bits per heavy atom. The van der Waals surface area contributed by atoms with Crippen molar-refractivity contribution in [3.8, 4) is 0 Å². The Bertz CT molecular complexity index is 352. The third-order valence-corrected chi connectivity index (χ3v) is 5.46. The number of aliphatic carboxylic acids is 1. The number of hydroxylamine groups is 2. The fourth-order valence-corrected chi connectivity index (χ4v) is 4.52. The summed E-state index contributed by atoms with van der Waals surface area (Å²) >= 11 is 0. The van der Waals surface area contributed by atoms with Gasteiger partial charge in [0.2, 0.25) is 0 Å². The summed E-state index contributed by atoms with van der Waals surface area (Å²) < 4.78 is 0. The smallest absolute Gasteiger partial charge is 0.306 e. The molecule has 1 heterocycles. The first-order valence-corrected chi connectivity index (χ1v) is 7.85. The largest absolute Gasteiger partial charge is 0.481 e. The molecule has 0 aromatic rings. The molecule has 0 radical (unpaired) electrons. The van der Waals surface area contributed by atoms with Crippen LogP contribution in [-0.2, 0) is 4.79 Å². The van der Waals surface area contributed by atoms with Gasteiger partial charge in [-0.15, -0.1) is 0 Å². The number of carbonyl (C=O) groups is 1. The first-order valence-electron chi connectivity index (χ1n) is 7.85. The van der Waals surface area contributed by atoms with Crippen LogP contribution in [0.2, 0.25) is 0 Å². The molecule has 4 heteroatoms. The van der Waals surface area contributed by atoms with E-state index in [1.54, 1.807) is 0 Å². The van der Waals surface area contributed by atoms with Gasteiger partial charge >= 0.3 is 5.97 Å². The predicted molar refractivity (Wildman–Crippen MR) is 77.6 cm³/mol. The number of piperidine rings is 1. The van der Waals surface area contributed by atoms with E-state index in [0.717, 1.165) is 38.5 Å². The van der Waals surface area contributed by atoms with Crippen LogP contribution in [0.25, 0.3) is 0 Å². The fraction of sp³-hybridized carbons (Fsp3) is 0.938. The Labute approximate surface area is 122 Å². The molecule has 0 atom stereocenters. The third-order valence-electron chi connectivity index (χ3n) is 5.46. The summed E-state index contributed by atoms with van der Waals surface area (Å²) in [5.74, 6) is 0.454. The van der Waals surface area contributed by atoms with Crippen molar-refractivity contribution >= 4 is 5.97 Å². The van der Waals surface area contributed by atoms with Crippen LogP contribution in [0, 0.1) is 17.8 Å². The lowest BCUT2D eigenvalue weighted by molar-refractivity contribution is -0.254. The first-order chi connectivity index (χ1) is 9.13. The number of hydrogen-bond donors (Lipinski definition) is 2. The monoisotopic (exact) mass is 283 g/mol. The van der Waals surface area contributed by atoms with E-state index in [9.17, 15) is 10.0 Å². The van der Waals surface area contributed by atoms with Gasteiger partial charge in [0, 0.05) is 11.1 Å². The van der Waals surface area contributed by atoms with E-state index in [1.807, 2.05) is 0 Å². The van der Waals surface area contributed by atoms with Crippen LogP contribution in [0.5, 0.6) is 0 Å². The molecule has 0 bridgehead atoms. The quantitative estimate of drug-likeness (QED) is 0.814. The number of hydrogen-bond acceptors (Lipinski definition) is 3. The maximum atomic E-state index is 11.0. The van der Waals surface area contributed by atoms with Gasteiger partial charge in [0.15, 0.2) is 0 Å². The molecule has 0 unspecified atom stereocenters. The Morgan fingerprint density at radius 2 is 1.40 bits per heavy atom. The van der Waals surface area contributed by atoms with Crippen LogP contribution in [0.3, 0.4) is 0 Å². The SMILES string of the molecule is CC1(C)CC(C2CCC(C(=O)O)CC2)CC(C)(C)N1O. The Balaban J connectivity index is 2.02. The summed E-state index contributed by atoms with van der Waals surface area (Å²) in [6.07, 6.45) is 5.68. The molecule has 1 aliphatic carbocycles. The van der Waals surface area contributed by atoms with Crippen LogP contribution in [-0.4, -0.2) is 32.4 Å². The Hall–Kier alpha value is -0.610. The summed E-state index contributed by atoms with van der Waals surface area (Å²) in [7, 11) is 0. The zero-order valence-corrected chi connectivity index (χ0v) is 13.2. The minimum Gasteiger partial charge on any atom is -0.481 e. The fourth-order valence-electron chi connectivity index (χ4n) is 4.52. The van der Waals surface area contributed by atoms with Crippen LogP contribution in [0.15, 0.2) is 0 Å². The zero-order chi connectivity index (χ0) is 15.1. The van der Waals surface area contributed by atoms with E-state index in [2.05, 4.69) is 27.7 Å². The summed E-state index contributed by atoms with van der Waals surface area (Å²) in [6.45, 7) is 8.40. The van der Waals surface area contributed by atoms with Crippen molar-refractivity contribution < 1.29 is 15.1 Å². The highest BCUT2D eigenvalue weighted by Gasteiger charge is 2.47. The molecule has 0 aromatic heterocycles. The summed E-state index contributed by atoms with van der Waals surface area (Å²) in [4.78, 5) is 11.0. The van der Waals surface area contributed by atoms with Crippen molar-refractivity contribution in [3.05, 3.63) is 0 Å². The van der Waals surface area contributed by atoms with E-state index < -0.39 is 5.97 Å². The van der Waals surface area contributed by atoms with E-state index in [0.29, 0.717) is 11.8 Å². The molecule has 1 saturated carbocycles.